The van der Waals surface area contributed by atoms with E-state index in [1.807, 2.05) is 13.0 Å². The minimum absolute atomic E-state index is 0.289. The van der Waals surface area contributed by atoms with E-state index >= 15 is 0 Å². The van der Waals surface area contributed by atoms with Crippen molar-refractivity contribution in [3.63, 3.8) is 0 Å². The van der Waals surface area contributed by atoms with Crippen LogP contribution in [0.4, 0.5) is 0 Å². The van der Waals surface area contributed by atoms with E-state index in [0.717, 1.165) is 11.3 Å². The number of aromatic carboxylic acids is 1. The van der Waals surface area contributed by atoms with E-state index in [1.54, 1.807) is 23.6 Å². The molecule has 4 nitrogen and oxygen atoms in total. The van der Waals surface area contributed by atoms with E-state index in [1.165, 1.54) is 0 Å². The van der Waals surface area contributed by atoms with Crippen molar-refractivity contribution >= 4 is 11.6 Å². The highest BCUT2D eigenvalue weighted by Crippen LogP contribution is 2.14. The predicted molar refractivity (Wildman–Crippen MR) is 51.6 cm³/mol. The molecule has 4 heteroatoms. The van der Waals surface area contributed by atoms with Gasteiger partial charge in [0.1, 0.15) is 11.3 Å². The lowest BCUT2D eigenvalue weighted by Crippen LogP contribution is -2.08. The Balaban J connectivity index is 2.94. The number of fused-ring (bicyclic) bond motifs is 1. The lowest BCUT2D eigenvalue weighted by atomic mass is 10.2. The van der Waals surface area contributed by atoms with Crippen LogP contribution in [-0.4, -0.2) is 20.5 Å². The second-order valence-corrected chi connectivity index (χ2v) is 3.26. The van der Waals surface area contributed by atoms with Crippen molar-refractivity contribution in [2.75, 3.05) is 0 Å². The average molecular weight is 190 g/mol. The van der Waals surface area contributed by atoms with Gasteiger partial charge in [-0.2, -0.15) is 0 Å². The summed E-state index contributed by atoms with van der Waals surface area (Å²) in [5.41, 5.74) is 2.54. The maximum absolute atomic E-state index is 11.0. The zero-order chi connectivity index (χ0) is 10.3. The van der Waals surface area contributed by atoms with Crippen LogP contribution >= 0.6 is 0 Å². The van der Waals surface area contributed by atoms with E-state index in [4.69, 9.17) is 5.11 Å². The number of carboxylic acids is 1. The van der Waals surface area contributed by atoms with Crippen LogP contribution in [0.15, 0.2) is 18.3 Å². The topological polar surface area (TPSA) is 54.6 Å². The average Bonchev–Trinajstić information content (AvgIpc) is 2.47. The smallest absolute Gasteiger partial charge is 0.353 e. The maximum Gasteiger partial charge on any atom is 0.353 e. The van der Waals surface area contributed by atoms with Crippen molar-refractivity contribution in [1.82, 2.24) is 9.38 Å². The fourth-order valence-corrected chi connectivity index (χ4v) is 1.58. The standard InChI is InChI=1S/C10H10N2O2/c1-6-3-4-8-11-5-7(2)12(8)9(6)10(13)14/h3-5H,1-2H3,(H,13,14). The fraction of sp³-hybridized carbons (Fsp3) is 0.200. The van der Waals surface area contributed by atoms with Crippen molar-refractivity contribution in [2.24, 2.45) is 0 Å². The number of rotatable bonds is 1. The van der Waals surface area contributed by atoms with Gasteiger partial charge in [-0.25, -0.2) is 9.78 Å². The molecule has 0 radical (unpaired) electrons. The van der Waals surface area contributed by atoms with Crippen LogP contribution in [0.25, 0.3) is 5.65 Å². The molecule has 14 heavy (non-hydrogen) atoms. The molecule has 0 amide bonds. The molecule has 0 unspecified atom stereocenters. The van der Waals surface area contributed by atoms with Crippen LogP contribution in [0, 0.1) is 13.8 Å². The van der Waals surface area contributed by atoms with Crippen LogP contribution in [0.1, 0.15) is 21.7 Å². The maximum atomic E-state index is 11.0. The molecule has 0 aliphatic carbocycles. The molecular formula is C10H10N2O2. The molecule has 1 N–H and O–H groups in total. The third kappa shape index (κ3) is 1.08. The zero-order valence-electron chi connectivity index (χ0n) is 7.98. The van der Waals surface area contributed by atoms with Crippen LogP contribution in [0.5, 0.6) is 0 Å². The molecule has 2 aromatic heterocycles. The molecule has 0 saturated heterocycles. The molecule has 0 aliphatic heterocycles. The summed E-state index contributed by atoms with van der Waals surface area (Å²) in [6.07, 6.45) is 1.67. The van der Waals surface area contributed by atoms with Gasteiger partial charge < -0.3 is 5.11 Å². The molecule has 0 atom stereocenters. The Morgan fingerprint density at radius 2 is 2.14 bits per heavy atom. The molecule has 2 rings (SSSR count). The number of aromatic nitrogens is 2. The number of nitrogens with zero attached hydrogens (tertiary/aromatic N) is 2. The van der Waals surface area contributed by atoms with Crippen molar-refractivity contribution in [3.05, 3.63) is 35.3 Å². The summed E-state index contributed by atoms with van der Waals surface area (Å²) in [4.78, 5) is 15.1. The van der Waals surface area contributed by atoms with Crippen molar-refractivity contribution < 1.29 is 9.90 Å². The molecule has 0 aromatic carbocycles. The number of imidazole rings is 1. The molecule has 0 fully saturated rings. The summed E-state index contributed by atoms with van der Waals surface area (Å²) >= 11 is 0. The first-order valence-corrected chi connectivity index (χ1v) is 4.28. The summed E-state index contributed by atoms with van der Waals surface area (Å²) < 4.78 is 1.65. The van der Waals surface area contributed by atoms with Gasteiger partial charge in [-0.3, -0.25) is 4.40 Å². The molecule has 2 aromatic rings. The van der Waals surface area contributed by atoms with Gasteiger partial charge in [-0.05, 0) is 25.5 Å². The second kappa shape index (κ2) is 2.83. The highest BCUT2D eigenvalue weighted by molar-refractivity contribution is 5.88. The van der Waals surface area contributed by atoms with Crippen molar-refractivity contribution in [3.8, 4) is 0 Å². The van der Waals surface area contributed by atoms with E-state index < -0.39 is 5.97 Å². The lowest BCUT2D eigenvalue weighted by Gasteiger charge is -2.05. The van der Waals surface area contributed by atoms with Gasteiger partial charge in [-0.1, -0.05) is 6.07 Å². The Bertz CT molecular complexity index is 514. The van der Waals surface area contributed by atoms with Gasteiger partial charge in [0, 0.05) is 11.9 Å². The predicted octanol–water partition coefficient (Wildman–Crippen LogP) is 1.65. The fourth-order valence-electron chi connectivity index (χ4n) is 1.58. The van der Waals surface area contributed by atoms with Gasteiger partial charge in [-0.15, -0.1) is 0 Å². The Morgan fingerprint density at radius 1 is 1.43 bits per heavy atom. The summed E-state index contributed by atoms with van der Waals surface area (Å²) in [5.74, 6) is -0.922. The Labute approximate surface area is 80.8 Å². The van der Waals surface area contributed by atoms with E-state index in [9.17, 15) is 4.79 Å². The molecule has 2 heterocycles. The normalized spacial score (nSPS) is 10.7. The van der Waals surface area contributed by atoms with Gasteiger partial charge in [0.05, 0.1) is 0 Å². The van der Waals surface area contributed by atoms with E-state index in [2.05, 4.69) is 4.98 Å². The number of pyridine rings is 1. The molecular weight excluding hydrogens is 180 g/mol. The van der Waals surface area contributed by atoms with Gasteiger partial charge in [0.15, 0.2) is 0 Å². The molecule has 0 bridgehead atoms. The molecule has 0 spiro atoms. The number of aryl methyl sites for hydroxylation is 2. The Morgan fingerprint density at radius 3 is 2.79 bits per heavy atom. The Kier molecular flexibility index (Phi) is 1.77. The Hall–Kier alpha value is -1.84. The van der Waals surface area contributed by atoms with Gasteiger partial charge in [0.25, 0.3) is 0 Å². The van der Waals surface area contributed by atoms with Crippen LogP contribution in [0.3, 0.4) is 0 Å². The van der Waals surface area contributed by atoms with Crippen LogP contribution in [0.2, 0.25) is 0 Å². The van der Waals surface area contributed by atoms with E-state index in [-0.39, 0.29) is 5.69 Å². The first-order valence-electron chi connectivity index (χ1n) is 4.28. The molecule has 72 valence electrons. The summed E-state index contributed by atoms with van der Waals surface area (Å²) in [7, 11) is 0. The highest BCUT2D eigenvalue weighted by atomic mass is 16.4. The van der Waals surface area contributed by atoms with Gasteiger partial charge in [0.2, 0.25) is 0 Å². The second-order valence-electron chi connectivity index (χ2n) is 3.26. The zero-order valence-corrected chi connectivity index (χ0v) is 7.98. The van der Waals surface area contributed by atoms with Crippen molar-refractivity contribution in [1.29, 1.82) is 0 Å². The number of carboxylic acid groups (broad SMARTS) is 1. The highest BCUT2D eigenvalue weighted by Gasteiger charge is 2.13. The number of carbonyl (C=O) groups is 1. The summed E-state index contributed by atoms with van der Waals surface area (Å²) in [5, 5.41) is 9.06. The van der Waals surface area contributed by atoms with E-state index in [0.29, 0.717) is 5.65 Å². The monoisotopic (exact) mass is 190 g/mol. The first-order chi connectivity index (χ1) is 6.61. The van der Waals surface area contributed by atoms with Gasteiger partial charge >= 0.3 is 5.97 Å². The third-order valence-corrected chi connectivity index (χ3v) is 2.25. The minimum Gasteiger partial charge on any atom is -0.477 e. The molecule has 0 aliphatic rings. The van der Waals surface area contributed by atoms with Crippen molar-refractivity contribution in [2.45, 2.75) is 13.8 Å². The summed E-state index contributed by atoms with van der Waals surface area (Å²) in [6.45, 7) is 3.62. The van der Waals surface area contributed by atoms with Crippen LogP contribution in [-0.2, 0) is 0 Å². The van der Waals surface area contributed by atoms with Crippen LogP contribution < -0.4 is 0 Å². The lowest BCUT2D eigenvalue weighted by molar-refractivity contribution is 0.0687. The largest absolute Gasteiger partial charge is 0.477 e. The first kappa shape index (κ1) is 8.74. The number of hydrogen-bond acceptors (Lipinski definition) is 2. The quantitative estimate of drug-likeness (QED) is 0.743. The third-order valence-electron chi connectivity index (χ3n) is 2.25. The molecule has 0 saturated carbocycles. The number of hydrogen-bond donors (Lipinski definition) is 1. The summed E-state index contributed by atoms with van der Waals surface area (Å²) in [6, 6.07) is 3.58. The minimum atomic E-state index is -0.922. The SMILES string of the molecule is Cc1ccc2ncc(C)n2c1C(=O)O.